The Kier molecular flexibility index (Phi) is 8.98. The second kappa shape index (κ2) is 10.2. The van der Waals surface area contributed by atoms with Crippen LogP contribution in [0.4, 0.5) is 0 Å². The normalized spacial score (nSPS) is 14.6. The van der Waals surface area contributed by atoms with Crippen molar-refractivity contribution in [3.8, 4) is 11.5 Å². The summed E-state index contributed by atoms with van der Waals surface area (Å²) in [5.41, 5.74) is 1.18. The van der Waals surface area contributed by atoms with E-state index in [1.165, 1.54) is 5.56 Å². The van der Waals surface area contributed by atoms with Gasteiger partial charge in [0, 0.05) is 41.4 Å². The van der Waals surface area contributed by atoms with Crippen molar-refractivity contribution >= 4 is 40.7 Å². The summed E-state index contributed by atoms with van der Waals surface area (Å²) in [5, 5.41) is 6.47. The molecule has 0 aromatic heterocycles. The van der Waals surface area contributed by atoms with Crippen molar-refractivity contribution < 1.29 is 13.7 Å². The van der Waals surface area contributed by atoms with Crippen LogP contribution in [0.15, 0.2) is 23.2 Å². The molecule has 8 heteroatoms. The van der Waals surface area contributed by atoms with Gasteiger partial charge in [0.15, 0.2) is 17.5 Å². The monoisotopic (exact) mass is 481 g/mol. The van der Waals surface area contributed by atoms with E-state index in [9.17, 15) is 4.21 Å². The average Bonchev–Trinajstić information content (AvgIpc) is 3.00. The molecule has 6 nitrogen and oxygen atoms in total. The fourth-order valence-electron chi connectivity index (χ4n) is 2.21. The first-order valence-electron chi connectivity index (χ1n) is 8.11. The first-order valence-corrected chi connectivity index (χ1v) is 9.43. The van der Waals surface area contributed by atoms with Crippen molar-refractivity contribution in [2.75, 3.05) is 32.7 Å². The zero-order valence-corrected chi connectivity index (χ0v) is 18.4. The third kappa shape index (κ3) is 7.01. The molecule has 2 N–H and O–H groups in total. The van der Waals surface area contributed by atoms with E-state index in [0.717, 1.165) is 30.4 Å². The van der Waals surface area contributed by atoms with E-state index >= 15 is 0 Å². The highest BCUT2D eigenvalue weighted by molar-refractivity contribution is 14.0. The number of guanidine groups is 1. The van der Waals surface area contributed by atoms with E-state index in [1.807, 2.05) is 39.0 Å². The number of fused-ring (bicyclic) bond motifs is 1. The third-order valence-corrected chi connectivity index (χ3v) is 5.57. The first kappa shape index (κ1) is 22.0. The molecule has 0 saturated carbocycles. The number of nitrogens with one attached hydrogen (secondary N) is 2. The van der Waals surface area contributed by atoms with E-state index < -0.39 is 10.8 Å². The molecular weight excluding hydrogens is 453 g/mol. The number of rotatable bonds is 6. The number of halogens is 1. The lowest BCUT2D eigenvalue weighted by atomic mass is 10.1. The Morgan fingerprint density at radius 1 is 1.20 bits per heavy atom. The minimum atomic E-state index is -0.862. The molecule has 1 aromatic carbocycles. The van der Waals surface area contributed by atoms with Gasteiger partial charge in [-0.15, -0.1) is 24.0 Å². The van der Waals surface area contributed by atoms with Crippen molar-refractivity contribution in [1.82, 2.24) is 10.6 Å². The van der Waals surface area contributed by atoms with Crippen molar-refractivity contribution in [3.05, 3.63) is 23.8 Å². The van der Waals surface area contributed by atoms with Crippen molar-refractivity contribution in [2.45, 2.75) is 31.9 Å². The van der Waals surface area contributed by atoms with Crippen LogP contribution in [0.25, 0.3) is 0 Å². The summed E-state index contributed by atoms with van der Waals surface area (Å²) >= 11 is 0. The molecule has 1 heterocycles. The van der Waals surface area contributed by atoms with Crippen LogP contribution in [-0.4, -0.2) is 47.6 Å². The van der Waals surface area contributed by atoms with Crippen LogP contribution in [0.3, 0.4) is 0 Å². The summed E-state index contributed by atoms with van der Waals surface area (Å²) in [6.45, 7) is 7.64. The quantitative estimate of drug-likeness (QED) is 0.371. The second-order valence-corrected chi connectivity index (χ2v) is 8.85. The Morgan fingerprint density at radius 2 is 1.88 bits per heavy atom. The Bertz CT molecular complexity index is 618. The van der Waals surface area contributed by atoms with Crippen molar-refractivity contribution in [2.24, 2.45) is 4.99 Å². The zero-order valence-electron chi connectivity index (χ0n) is 15.3. The van der Waals surface area contributed by atoms with Crippen molar-refractivity contribution in [3.63, 3.8) is 0 Å². The summed E-state index contributed by atoms with van der Waals surface area (Å²) in [4.78, 5) is 4.19. The van der Waals surface area contributed by atoms with E-state index in [2.05, 4.69) is 15.6 Å². The number of hydrogen-bond acceptors (Lipinski definition) is 4. The zero-order chi connectivity index (χ0) is 17.6. The lowest BCUT2D eigenvalue weighted by Gasteiger charge is -2.18. The van der Waals surface area contributed by atoms with Crippen LogP contribution < -0.4 is 20.1 Å². The molecule has 0 amide bonds. The molecule has 2 rings (SSSR count). The van der Waals surface area contributed by atoms with Crippen LogP contribution in [0.1, 0.15) is 26.3 Å². The van der Waals surface area contributed by atoms with Crippen molar-refractivity contribution in [1.29, 1.82) is 0 Å². The van der Waals surface area contributed by atoms with E-state index in [0.29, 0.717) is 19.1 Å². The topological polar surface area (TPSA) is 72.0 Å². The fraction of sp³-hybridized carbons (Fsp3) is 0.588. The van der Waals surface area contributed by atoms with Gasteiger partial charge in [-0.3, -0.25) is 9.20 Å². The predicted molar refractivity (Wildman–Crippen MR) is 114 cm³/mol. The molecule has 0 bridgehead atoms. The van der Waals surface area contributed by atoms with Gasteiger partial charge in [0.1, 0.15) is 0 Å². The van der Waals surface area contributed by atoms with Gasteiger partial charge in [-0.05, 0) is 44.9 Å². The average molecular weight is 481 g/mol. The molecule has 0 radical (unpaired) electrons. The SMILES string of the molecule is CN=C(NCCc1ccc2c(c1)OCO2)NCCS(=O)C(C)(C)C.I. The predicted octanol–water partition coefficient (Wildman–Crippen LogP) is 2.29. The lowest BCUT2D eigenvalue weighted by molar-refractivity contribution is 0.174. The smallest absolute Gasteiger partial charge is 0.231 e. The minimum absolute atomic E-state index is 0. The maximum atomic E-state index is 12.0. The van der Waals surface area contributed by atoms with Gasteiger partial charge in [0.2, 0.25) is 6.79 Å². The van der Waals surface area contributed by atoms with E-state index in [1.54, 1.807) is 7.05 Å². The number of benzene rings is 1. The lowest BCUT2D eigenvalue weighted by Crippen LogP contribution is -2.41. The molecule has 25 heavy (non-hydrogen) atoms. The highest BCUT2D eigenvalue weighted by atomic mass is 127. The molecular formula is C17H28IN3O3S. The molecule has 0 spiro atoms. The molecule has 0 fully saturated rings. The Hall–Kier alpha value is -1.03. The summed E-state index contributed by atoms with van der Waals surface area (Å²) in [6.07, 6.45) is 0.852. The number of ether oxygens (including phenoxy) is 2. The fourth-order valence-corrected chi connectivity index (χ4v) is 3.11. The van der Waals surface area contributed by atoms with Gasteiger partial charge >= 0.3 is 0 Å². The Balaban J connectivity index is 0.00000312. The number of aliphatic imine (C=N–C) groups is 1. The molecule has 1 aromatic rings. The summed E-state index contributed by atoms with van der Waals surface area (Å²) in [5.74, 6) is 2.93. The largest absolute Gasteiger partial charge is 0.454 e. The first-order chi connectivity index (χ1) is 11.4. The highest BCUT2D eigenvalue weighted by Crippen LogP contribution is 2.32. The summed E-state index contributed by atoms with van der Waals surface area (Å²) in [7, 11) is 0.870. The maximum absolute atomic E-state index is 12.0. The van der Waals surface area contributed by atoms with E-state index in [-0.39, 0.29) is 28.7 Å². The van der Waals surface area contributed by atoms with Gasteiger partial charge < -0.3 is 20.1 Å². The molecule has 1 aliphatic rings. The van der Waals surface area contributed by atoms with Crippen LogP contribution in [0, 0.1) is 0 Å². The standard InChI is InChI=1S/C17H27N3O3S.HI/c1-17(2,3)24(21)10-9-20-16(18-4)19-8-7-13-5-6-14-15(11-13)23-12-22-14;/h5-6,11H,7-10,12H2,1-4H3,(H2,18,19,20);1H. The number of hydrogen-bond donors (Lipinski definition) is 2. The molecule has 0 saturated heterocycles. The molecule has 1 unspecified atom stereocenters. The molecule has 0 aliphatic carbocycles. The molecule has 142 valence electrons. The Morgan fingerprint density at radius 3 is 2.56 bits per heavy atom. The van der Waals surface area contributed by atoms with Crippen LogP contribution in [-0.2, 0) is 17.2 Å². The molecule has 1 atom stereocenters. The summed E-state index contributed by atoms with van der Waals surface area (Å²) < 4.78 is 22.5. The van der Waals surface area contributed by atoms with Crippen LogP contribution in [0.5, 0.6) is 11.5 Å². The molecule has 1 aliphatic heterocycles. The van der Waals surface area contributed by atoms with Gasteiger partial charge in [0.05, 0.1) is 0 Å². The van der Waals surface area contributed by atoms with Gasteiger partial charge in [-0.2, -0.15) is 0 Å². The second-order valence-electron chi connectivity index (χ2n) is 6.53. The van der Waals surface area contributed by atoms with Crippen LogP contribution in [0.2, 0.25) is 0 Å². The summed E-state index contributed by atoms with van der Waals surface area (Å²) in [6, 6.07) is 5.98. The van der Waals surface area contributed by atoms with E-state index in [4.69, 9.17) is 9.47 Å². The third-order valence-electron chi connectivity index (χ3n) is 3.63. The highest BCUT2D eigenvalue weighted by Gasteiger charge is 2.18. The van der Waals surface area contributed by atoms with Gasteiger partial charge in [-0.25, -0.2) is 0 Å². The van der Waals surface area contributed by atoms with Gasteiger partial charge in [-0.1, -0.05) is 6.07 Å². The number of nitrogens with zero attached hydrogens (tertiary/aromatic N) is 1. The minimum Gasteiger partial charge on any atom is -0.454 e. The van der Waals surface area contributed by atoms with Crippen LogP contribution >= 0.6 is 24.0 Å². The van der Waals surface area contributed by atoms with Gasteiger partial charge in [0.25, 0.3) is 0 Å². The Labute approximate surface area is 169 Å². The maximum Gasteiger partial charge on any atom is 0.231 e.